The number of carbonyl (C=O) groups is 1. The van der Waals surface area contributed by atoms with Gasteiger partial charge in [-0.05, 0) is 50.2 Å². The molecule has 1 heterocycles. The quantitative estimate of drug-likeness (QED) is 0.642. The van der Waals surface area contributed by atoms with Crippen LogP contribution in [0.4, 0.5) is 0 Å². The van der Waals surface area contributed by atoms with Crippen molar-refractivity contribution in [3.63, 3.8) is 0 Å². The van der Waals surface area contributed by atoms with Crippen molar-refractivity contribution in [2.24, 2.45) is 0 Å². The lowest BCUT2D eigenvalue weighted by Crippen LogP contribution is -3.04. The number of phenols is 1. The number of aromatic hydroxyl groups is 1. The van der Waals surface area contributed by atoms with Gasteiger partial charge in [-0.15, -0.1) is 0 Å². The lowest BCUT2D eigenvalue weighted by atomic mass is 10.0. The van der Waals surface area contributed by atoms with Gasteiger partial charge in [-0.3, -0.25) is 0 Å². The number of quaternary nitrogens is 1. The first-order chi connectivity index (χ1) is 13.4. The minimum absolute atomic E-state index is 0.186. The molecule has 0 saturated heterocycles. The number of fused-ring (bicyclic) bond motifs is 1. The molecular formula is C22H27N2O4+. The second-order valence-electron chi connectivity index (χ2n) is 7.06. The number of hydrogen-bond acceptors (Lipinski definition) is 4. The monoisotopic (exact) mass is 383 g/mol. The molecule has 0 saturated carbocycles. The fourth-order valence-electron chi connectivity index (χ4n) is 3.61. The van der Waals surface area contributed by atoms with E-state index in [-0.39, 0.29) is 11.7 Å². The molecule has 0 aliphatic carbocycles. The molecule has 0 amide bonds. The second-order valence-corrected chi connectivity index (χ2v) is 7.06. The van der Waals surface area contributed by atoms with E-state index in [1.54, 1.807) is 20.1 Å². The lowest BCUT2D eigenvalue weighted by Gasteiger charge is -2.12. The Morgan fingerprint density at radius 2 is 1.82 bits per heavy atom. The van der Waals surface area contributed by atoms with Crippen molar-refractivity contribution < 1.29 is 24.3 Å². The second kappa shape index (κ2) is 7.94. The van der Waals surface area contributed by atoms with E-state index in [1.165, 1.54) is 0 Å². The number of nitrogens with one attached hydrogen (secondary N) is 1. The number of hydrogen-bond donors (Lipinski definition) is 2. The third kappa shape index (κ3) is 3.43. The van der Waals surface area contributed by atoms with E-state index in [1.807, 2.05) is 55.9 Å². The van der Waals surface area contributed by atoms with E-state index < -0.39 is 0 Å². The highest BCUT2D eigenvalue weighted by molar-refractivity contribution is 6.08. The molecule has 2 N–H and O–H groups in total. The van der Waals surface area contributed by atoms with Gasteiger partial charge in [-0.1, -0.05) is 0 Å². The van der Waals surface area contributed by atoms with Gasteiger partial charge < -0.3 is 24.0 Å². The van der Waals surface area contributed by atoms with E-state index in [0.717, 1.165) is 38.5 Å². The molecule has 0 radical (unpaired) electrons. The van der Waals surface area contributed by atoms with Crippen LogP contribution in [0.25, 0.3) is 16.6 Å². The maximum absolute atomic E-state index is 12.8. The van der Waals surface area contributed by atoms with Crippen LogP contribution in [0.2, 0.25) is 0 Å². The Kier molecular flexibility index (Phi) is 5.61. The van der Waals surface area contributed by atoms with Crippen molar-refractivity contribution >= 4 is 16.9 Å². The Labute approximate surface area is 164 Å². The van der Waals surface area contributed by atoms with E-state index in [4.69, 9.17) is 9.47 Å². The van der Waals surface area contributed by atoms with Gasteiger partial charge in [-0.2, -0.15) is 0 Å². The van der Waals surface area contributed by atoms with Crippen LogP contribution in [0.15, 0.2) is 36.4 Å². The van der Waals surface area contributed by atoms with Crippen LogP contribution in [0.5, 0.6) is 11.5 Å². The van der Waals surface area contributed by atoms with Crippen molar-refractivity contribution in [3.8, 4) is 17.2 Å². The molecule has 6 nitrogen and oxygen atoms in total. The number of benzene rings is 2. The van der Waals surface area contributed by atoms with Crippen molar-refractivity contribution in [1.29, 1.82) is 0 Å². The first kappa shape index (κ1) is 19.8. The predicted molar refractivity (Wildman–Crippen MR) is 109 cm³/mol. The van der Waals surface area contributed by atoms with Crippen LogP contribution in [0, 0.1) is 6.92 Å². The molecule has 1 aromatic heterocycles. The highest BCUT2D eigenvalue weighted by Gasteiger charge is 2.26. The van der Waals surface area contributed by atoms with Gasteiger partial charge in [0.15, 0.2) is 0 Å². The van der Waals surface area contributed by atoms with Gasteiger partial charge in [0.1, 0.15) is 18.0 Å². The zero-order chi connectivity index (χ0) is 20.4. The van der Waals surface area contributed by atoms with Crippen LogP contribution in [0.1, 0.15) is 28.5 Å². The number of phenolic OH excluding ortho intramolecular Hbond substituents is 1. The summed E-state index contributed by atoms with van der Waals surface area (Å²) in [5.74, 6) is 0.571. The average molecular weight is 383 g/mol. The summed E-state index contributed by atoms with van der Waals surface area (Å²) < 4.78 is 12.6. The summed E-state index contributed by atoms with van der Waals surface area (Å²) in [5.41, 5.74) is 3.79. The summed E-state index contributed by atoms with van der Waals surface area (Å²) in [6.07, 6.45) is 0. The van der Waals surface area contributed by atoms with Crippen molar-refractivity contribution in [3.05, 3.63) is 53.2 Å². The number of methoxy groups -OCH3 is 1. The molecule has 3 rings (SSSR count). The summed E-state index contributed by atoms with van der Waals surface area (Å²) in [6.45, 7) is 4.57. The van der Waals surface area contributed by atoms with Gasteiger partial charge in [0, 0.05) is 16.8 Å². The highest BCUT2D eigenvalue weighted by atomic mass is 16.5. The van der Waals surface area contributed by atoms with Crippen LogP contribution < -0.4 is 9.64 Å². The Morgan fingerprint density at radius 1 is 1.14 bits per heavy atom. The van der Waals surface area contributed by atoms with Gasteiger partial charge >= 0.3 is 5.97 Å². The summed E-state index contributed by atoms with van der Waals surface area (Å²) in [6, 6.07) is 11.2. The fourth-order valence-corrected chi connectivity index (χ4v) is 3.61. The Morgan fingerprint density at radius 3 is 2.39 bits per heavy atom. The first-order valence-electron chi connectivity index (χ1n) is 9.35. The highest BCUT2D eigenvalue weighted by Crippen LogP contribution is 2.36. The number of nitrogens with zero attached hydrogens (tertiary/aromatic N) is 1. The van der Waals surface area contributed by atoms with Crippen LogP contribution >= 0.6 is 0 Å². The number of carbonyl (C=O) groups excluding carboxylic acids is 1. The zero-order valence-corrected chi connectivity index (χ0v) is 17.0. The lowest BCUT2D eigenvalue weighted by molar-refractivity contribution is -0.872. The molecule has 0 fully saturated rings. The number of ether oxygens (including phenoxy) is 2. The molecule has 3 aromatic rings. The third-order valence-electron chi connectivity index (χ3n) is 4.79. The Balaban J connectivity index is 2.36. The molecule has 0 aliphatic heterocycles. The smallest absolute Gasteiger partial charge is 0.340 e. The van der Waals surface area contributed by atoms with Crippen LogP contribution in [0.3, 0.4) is 0 Å². The minimum Gasteiger partial charge on any atom is -0.507 e. The summed E-state index contributed by atoms with van der Waals surface area (Å²) in [4.78, 5) is 14.0. The largest absolute Gasteiger partial charge is 0.507 e. The Bertz CT molecular complexity index is 1000. The van der Waals surface area contributed by atoms with Gasteiger partial charge in [-0.25, -0.2) is 4.79 Å². The van der Waals surface area contributed by atoms with E-state index >= 15 is 0 Å². The van der Waals surface area contributed by atoms with E-state index in [2.05, 4.69) is 0 Å². The van der Waals surface area contributed by atoms with Gasteiger partial charge in [0.25, 0.3) is 0 Å². The van der Waals surface area contributed by atoms with Crippen LogP contribution in [-0.2, 0) is 11.3 Å². The molecule has 0 atom stereocenters. The number of aromatic nitrogens is 1. The molecule has 0 spiro atoms. The molecule has 0 aliphatic rings. The maximum atomic E-state index is 12.8. The molecule has 6 heteroatoms. The Hall–Kier alpha value is -2.99. The zero-order valence-electron chi connectivity index (χ0n) is 17.0. The normalized spacial score (nSPS) is 11.2. The van der Waals surface area contributed by atoms with Crippen molar-refractivity contribution in [2.75, 3.05) is 27.8 Å². The number of rotatable bonds is 6. The van der Waals surface area contributed by atoms with Crippen LogP contribution in [-0.4, -0.2) is 43.5 Å². The molecule has 28 heavy (non-hydrogen) atoms. The van der Waals surface area contributed by atoms with E-state index in [0.29, 0.717) is 18.7 Å². The fraction of sp³-hybridized carbons (Fsp3) is 0.318. The first-order valence-corrected chi connectivity index (χ1v) is 9.35. The average Bonchev–Trinajstić information content (AvgIpc) is 2.96. The van der Waals surface area contributed by atoms with E-state index in [9.17, 15) is 9.90 Å². The number of esters is 1. The van der Waals surface area contributed by atoms with Gasteiger partial charge in [0.2, 0.25) is 0 Å². The molecular weight excluding hydrogens is 356 g/mol. The topological polar surface area (TPSA) is 65.1 Å². The summed E-state index contributed by atoms with van der Waals surface area (Å²) in [7, 11) is 5.65. The van der Waals surface area contributed by atoms with Crippen molar-refractivity contribution in [2.45, 2.75) is 20.4 Å². The SMILES string of the molecule is CCOC(=O)c1c(C)n(-c2ccc(OC)cc2)c2ccc(O)c(C[NH+](C)C)c12. The molecule has 148 valence electrons. The minimum atomic E-state index is -0.377. The molecule has 0 unspecified atom stereocenters. The predicted octanol–water partition coefficient (Wildman–Crippen LogP) is 2.47. The molecule has 2 aromatic carbocycles. The third-order valence-corrected chi connectivity index (χ3v) is 4.79. The summed E-state index contributed by atoms with van der Waals surface area (Å²) >= 11 is 0. The molecule has 0 bridgehead atoms. The van der Waals surface area contributed by atoms with Crippen molar-refractivity contribution in [1.82, 2.24) is 4.57 Å². The summed E-state index contributed by atoms with van der Waals surface area (Å²) in [5, 5.41) is 11.3. The standard InChI is InChI=1S/C22H26N2O4/c1-6-28-22(26)20-14(2)24(15-7-9-16(27-5)10-8-15)18-11-12-19(25)17(21(18)20)13-23(3)4/h7-12,25H,6,13H2,1-5H3/p+1. The van der Waals surface area contributed by atoms with Gasteiger partial charge in [0.05, 0.1) is 44.5 Å². The maximum Gasteiger partial charge on any atom is 0.340 e.